The molecule has 0 radical (unpaired) electrons. The fourth-order valence-corrected chi connectivity index (χ4v) is 2.80. The molecule has 0 spiro atoms. The summed E-state index contributed by atoms with van der Waals surface area (Å²) in [5, 5.41) is 9.30. The highest BCUT2D eigenvalue weighted by atomic mass is 16.4. The Hall–Kier alpha value is -2.28. The maximum Gasteiger partial charge on any atom is 0.407 e. The van der Waals surface area contributed by atoms with Crippen LogP contribution in [-0.4, -0.2) is 43.6 Å². The molecule has 0 aromatic carbocycles. The minimum Gasteiger partial charge on any atom is -0.465 e. The number of aromatic nitrogens is 3. The molecule has 0 aliphatic carbocycles. The highest BCUT2D eigenvalue weighted by Gasteiger charge is 2.32. The zero-order valence-corrected chi connectivity index (χ0v) is 11.5. The van der Waals surface area contributed by atoms with Gasteiger partial charge in [0.05, 0.1) is 24.0 Å². The van der Waals surface area contributed by atoms with Crippen LogP contribution in [0.25, 0.3) is 11.2 Å². The van der Waals surface area contributed by atoms with Gasteiger partial charge in [0.25, 0.3) is 0 Å². The quantitative estimate of drug-likeness (QED) is 0.868. The van der Waals surface area contributed by atoms with Gasteiger partial charge >= 0.3 is 6.09 Å². The van der Waals surface area contributed by atoms with Crippen LogP contribution in [0.5, 0.6) is 0 Å². The van der Waals surface area contributed by atoms with Crippen LogP contribution >= 0.6 is 0 Å². The molecule has 2 atom stereocenters. The lowest BCUT2D eigenvalue weighted by Gasteiger charge is -2.36. The molecule has 1 amide bonds. The summed E-state index contributed by atoms with van der Waals surface area (Å²) in [6, 6.07) is 2.89. The van der Waals surface area contributed by atoms with E-state index in [1.165, 1.54) is 4.90 Å². The third kappa shape index (κ3) is 2.64. The summed E-state index contributed by atoms with van der Waals surface area (Å²) in [6.07, 6.45) is 4.93. The van der Waals surface area contributed by atoms with Crippen molar-refractivity contribution in [2.75, 3.05) is 6.54 Å². The van der Waals surface area contributed by atoms with Crippen molar-refractivity contribution < 1.29 is 9.90 Å². The lowest BCUT2D eigenvalue weighted by atomic mass is 9.94. The van der Waals surface area contributed by atoms with Gasteiger partial charge in [-0.15, -0.1) is 0 Å². The molecule has 1 aliphatic heterocycles. The first-order valence-electron chi connectivity index (χ1n) is 6.99. The summed E-state index contributed by atoms with van der Waals surface area (Å²) in [7, 11) is 0. The Morgan fingerprint density at radius 3 is 3.10 bits per heavy atom. The van der Waals surface area contributed by atoms with Crippen LogP contribution < -0.4 is 5.73 Å². The number of nitrogens with zero attached hydrogens (tertiary/aromatic N) is 4. The van der Waals surface area contributed by atoms with Crippen LogP contribution in [0, 0.1) is 0 Å². The Kier molecular flexibility index (Phi) is 3.66. The van der Waals surface area contributed by atoms with Gasteiger partial charge < -0.3 is 15.7 Å². The van der Waals surface area contributed by atoms with Crippen molar-refractivity contribution in [1.29, 1.82) is 0 Å². The number of nitrogens with two attached hydrogens (primary N) is 1. The van der Waals surface area contributed by atoms with Gasteiger partial charge in [-0.3, -0.25) is 0 Å². The fraction of sp³-hybridized carbons (Fsp3) is 0.429. The van der Waals surface area contributed by atoms with Crippen LogP contribution in [0.2, 0.25) is 0 Å². The van der Waals surface area contributed by atoms with Crippen molar-refractivity contribution in [2.45, 2.75) is 31.3 Å². The Labute approximate surface area is 121 Å². The topological polar surface area (TPSA) is 105 Å². The van der Waals surface area contributed by atoms with Gasteiger partial charge in [0.2, 0.25) is 0 Å². The number of rotatable bonds is 2. The van der Waals surface area contributed by atoms with E-state index in [-0.39, 0.29) is 6.04 Å². The van der Waals surface area contributed by atoms with Crippen molar-refractivity contribution in [2.24, 2.45) is 5.73 Å². The van der Waals surface area contributed by atoms with E-state index < -0.39 is 12.1 Å². The van der Waals surface area contributed by atoms with Gasteiger partial charge in [-0.05, 0) is 31.4 Å². The number of carbonyl (C=O) groups is 1. The predicted octanol–water partition coefficient (Wildman–Crippen LogP) is 1.56. The minimum atomic E-state index is -0.925. The highest BCUT2D eigenvalue weighted by molar-refractivity contribution is 5.69. The number of pyridine rings is 1. The summed E-state index contributed by atoms with van der Waals surface area (Å²) in [6.45, 7) is 0.524. The van der Waals surface area contributed by atoms with Gasteiger partial charge in [0.15, 0.2) is 5.65 Å². The molecular weight excluding hydrogens is 270 g/mol. The van der Waals surface area contributed by atoms with E-state index in [1.54, 1.807) is 18.5 Å². The first kappa shape index (κ1) is 13.7. The maximum atomic E-state index is 11.3. The first-order chi connectivity index (χ1) is 10.2. The Balaban J connectivity index is 1.91. The Morgan fingerprint density at radius 2 is 2.29 bits per heavy atom. The van der Waals surface area contributed by atoms with Crippen molar-refractivity contribution in [3.05, 3.63) is 30.2 Å². The summed E-state index contributed by atoms with van der Waals surface area (Å²) in [4.78, 5) is 25.6. The van der Waals surface area contributed by atoms with E-state index in [1.807, 2.05) is 6.07 Å². The molecule has 3 N–H and O–H groups in total. The molecule has 3 heterocycles. The average Bonchev–Trinajstić information content (AvgIpc) is 2.53. The number of amides is 1. The number of carboxylic acid groups (broad SMARTS) is 1. The molecule has 0 saturated carbocycles. The van der Waals surface area contributed by atoms with E-state index in [0.29, 0.717) is 23.4 Å². The van der Waals surface area contributed by atoms with Crippen molar-refractivity contribution in [3.8, 4) is 0 Å². The van der Waals surface area contributed by atoms with E-state index in [4.69, 9.17) is 5.73 Å². The van der Waals surface area contributed by atoms with E-state index in [9.17, 15) is 9.90 Å². The third-order valence-corrected chi connectivity index (χ3v) is 3.89. The number of hydrogen-bond donors (Lipinski definition) is 2. The van der Waals surface area contributed by atoms with Crippen molar-refractivity contribution in [1.82, 2.24) is 19.9 Å². The van der Waals surface area contributed by atoms with Gasteiger partial charge in [0.1, 0.15) is 5.52 Å². The number of fused-ring (bicyclic) bond motifs is 1. The summed E-state index contributed by atoms with van der Waals surface area (Å²) >= 11 is 0. The van der Waals surface area contributed by atoms with Crippen LogP contribution in [0.1, 0.15) is 31.0 Å². The molecule has 3 rings (SSSR count). The van der Waals surface area contributed by atoms with Crippen LogP contribution in [0.15, 0.2) is 24.5 Å². The molecule has 1 fully saturated rings. The van der Waals surface area contributed by atoms with Crippen LogP contribution in [0.3, 0.4) is 0 Å². The molecule has 7 heteroatoms. The molecule has 21 heavy (non-hydrogen) atoms. The Bertz CT molecular complexity index is 663. The molecule has 0 bridgehead atoms. The third-order valence-electron chi connectivity index (χ3n) is 3.89. The van der Waals surface area contributed by atoms with Crippen LogP contribution in [0.4, 0.5) is 4.79 Å². The smallest absolute Gasteiger partial charge is 0.407 e. The van der Waals surface area contributed by atoms with Gasteiger partial charge in [-0.25, -0.2) is 19.7 Å². The molecular formula is C14H17N5O2. The van der Waals surface area contributed by atoms with Crippen molar-refractivity contribution >= 4 is 17.3 Å². The van der Waals surface area contributed by atoms with Crippen LogP contribution in [-0.2, 0) is 0 Å². The average molecular weight is 287 g/mol. The molecule has 110 valence electrons. The van der Waals surface area contributed by atoms with E-state index >= 15 is 0 Å². The van der Waals surface area contributed by atoms with E-state index in [2.05, 4.69) is 15.0 Å². The molecule has 1 aliphatic rings. The summed E-state index contributed by atoms with van der Waals surface area (Å²) < 4.78 is 0. The highest BCUT2D eigenvalue weighted by Crippen LogP contribution is 2.26. The summed E-state index contributed by atoms with van der Waals surface area (Å²) in [5.41, 5.74) is 8.10. The predicted molar refractivity (Wildman–Crippen MR) is 76.6 cm³/mol. The number of likely N-dealkylation sites (tertiary alicyclic amines) is 1. The second-order valence-corrected chi connectivity index (χ2v) is 5.21. The molecule has 7 nitrogen and oxygen atoms in total. The zero-order chi connectivity index (χ0) is 14.8. The molecule has 1 saturated heterocycles. The fourth-order valence-electron chi connectivity index (χ4n) is 2.80. The van der Waals surface area contributed by atoms with Crippen molar-refractivity contribution in [3.63, 3.8) is 0 Å². The van der Waals surface area contributed by atoms with Gasteiger partial charge in [-0.1, -0.05) is 0 Å². The second kappa shape index (κ2) is 5.61. The SMILES string of the molecule is NC(c1cnc2ncccc2n1)C1CCCCN1C(=O)O. The second-order valence-electron chi connectivity index (χ2n) is 5.21. The first-order valence-corrected chi connectivity index (χ1v) is 6.99. The van der Waals surface area contributed by atoms with Gasteiger partial charge in [0, 0.05) is 12.7 Å². The number of piperidine rings is 1. The normalized spacial score (nSPS) is 20.4. The lowest BCUT2D eigenvalue weighted by Crippen LogP contribution is -2.48. The monoisotopic (exact) mass is 287 g/mol. The van der Waals surface area contributed by atoms with Gasteiger partial charge in [-0.2, -0.15) is 0 Å². The molecule has 2 aromatic rings. The number of hydrogen-bond acceptors (Lipinski definition) is 5. The minimum absolute atomic E-state index is 0.250. The lowest BCUT2D eigenvalue weighted by molar-refractivity contribution is 0.0961. The van der Waals surface area contributed by atoms with E-state index in [0.717, 1.165) is 19.3 Å². The standard InChI is InChI=1S/C14H17N5O2/c15-12(11-5-1-2-7-19(11)14(20)21)10-8-17-13-9(18-10)4-3-6-16-13/h3-4,6,8,11-12H,1-2,5,7,15H2,(H,20,21). The maximum absolute atomic E-state index is 11.3. The summed E-state index contributed by atoms with van der Waals surface area (Å²) in [5.74, 6) is 0. The zero-order valence-electron chi connectivity index (χ0n) is 11.5. The Morgan fingerprint density at radius 1 is 1.43 bits per heavy atom. The molecule has 2 aromatic heterocycles. The largest absolute Gasteiger partial charge is 0.465 e. The molecule has 2 unspecified atom stereocenters.